The number of hydrogen-bond acceptors (Lipinski definition) is 1. The highest BCUT2D eigenvalue weighted by molar-refractivity contribution is 5.33. The molecule has 0 unspecified atom stereocenters. The zero-order valence-electron chi connectivity index (χ0n) is 6.07. The Bertz CT molecular complexity index is 143. The van der Waals surface area contributed by atoms with Gasteiger partial charge in [-0.15, -0.1) is 0 Å². The van der Waals surface area contributed by atoms with Gasteiger partial charge in [0.1, 0.15) is 0 Å². The average molecular weight is 123 g/mol. The van der Waals surface area contributed by atoms with Crippen LogP contribution in [0.15, 0.2) is 36.6 Å². The molecule has 0 amide bonds. The maximum Gasteiger partial charge on any atom is 0.00278 e. The quantitative estimate of drug-likeness (QED) is 0.565. The fourth-order valence-corrected chi connectivity index (χ4v) is 0.470. The van der Waals surface area contributed by atoms with Crippen molar-refractivity contribution in [2.24, 2.45) is 0 Å². The molecule has 0 aliphatic rings. The first-order valence-electron chi connectivity index (χ1n) is 2.88. The molecule has 0 bridgehead atoms. The molecule has 0 rings (SSSR count). The summed E-state index contributed by atoms with van der Waals surface area (Å²) in [6.45, 7) is 9.35. The monoisotopic (exact) mass is 123 g/mol. The summed E-state index contributed by atoms with van der Waals surface area (Å²) in [5, 5.41) is 2.91. The molecular formula is C8H13N. The lowest BCUT2D eigenvalue weighted by Gasteiger charge is -1.97. The summed E-state index contributed by atoms with van der Waals surface area (Å²) in [4.78, 5) is 0. The van der Waals surface area contributed by atoms with Crippen LogP contribution >= 0.6 is 0 Å². The second-order valence-electron chi connectivity index (χ2n) is 1.85. The van der Waals surface area contributed by atoms with E-state index in [1.807, 2.05) is 20.2 Å². The van der Waals surface area contributed by atoms with Gasteiger partial charge in [0.25, 0.3) is 0 Å². The Morgan fingerprint density at radius 1 is 1.56 bits per heavy atom. The van der Waals surface area contributed by atoms with Gasteiger partial charge in [-0.2, -0.15) is 0 Å². The second-order valence-corrected chi connectivity index (χ2v) is 1.85. The lowest BCUT2D eigenvalue weighted by molar-refractivity contribution is 1.08. The molecule has 0 saturated heterocycles. The number of nitrogens with one attached hydrogen (secondary N) is 1. The molecule has 0 aromatic heterocycles. The zero-order valence-corrected chi connectivity index (χ0v) is 6.07. The van der Waals surface area contributed by atoms with E-state index >= 15 is 0 Å². The standard InChI is InChI=1S/C8H13N/c1-5-7(2)8(3)6-9-4/h5-6,9H,1-2H2,3-4H3/b8-6-. The van der Waals surface area contributed by atoms with Gasteiger partial charge in [0.2, 0.25) is 0 Å². The zero-order chi connectivity index (χ0) is 7.28. The molecule has 1 heteroatoms. The van der Waals surface area contributed by atoms with E-state index in [4.69, 9.17) is 0 Å². The van der Waals surface area contributed by atoms with Crippen LogP contribution in [0.2, 0.25) is 0 Å². The summed E-state index contributed by atoms with van der Waals surface area (Å²) in [5.74, 6) is 0. The molecule has 50 valence electrons. The normalized spacial score (nSPS) is 10.7. The van der Waals surface area contributed by atoms with Gasteiger partial charge < -0.3 is 5.32 Å². The molecule has 0 fully saturated rings. The van der Waals surface area contributed by atoms with E-state index in [1.54, 1.807) is 6.08 Å². The summed E-state index contributed by atoms with van der Waals surface area (Å²) in [6.07, 6.45) is 3.63. The Morgan fingerprint density at radius 2 is 2.11 bits per heavy atom. The Kier molecular flexibility index (Phi) is 3.52. The summed E-state index contributed by atoms with van der Waals surface area (Å²) in [5.41, 5.74) is 2.08. The van der Waals surface area contributed by atoms with E-state index in [1.165, 1.54) is 0 Å². The average Bonchev–Trinajstić information content (AvgIpc) is 1.87. The summed E-state index contributed by atoms with van der Waals surface area (Å²) in [7, 11) is 1.86. The van der Waals surface area contributed by atoms with E-state index in [0.29, 0.717) is 0 Å². The number of rotatable bonds is 3. The summed E-state index contributed by atoms with van der Waals surface area (Å²) in [6, 6.07) is 0. The molecular weight excluding hydrogens is 110 g/mol. The van der Waals surface area contributed by atoms with Gasteiger partial charge in [-0.25, -0.2) is 0 Å². The first-order valence-corrected chi connectivity index (χ1v) is 2.88. The van der Waals surface area contributed by atoms with E-state index in [-0.39, 0.29) is 0 Å². The Labute approximate surface area is 56.8 Å². The van der Waals surface area contributed by atoms with Crippen LogP contribution in [0.5, 0.6) is 0 Å². The van der Waals surface area contributed by atoms with Crippen molar-refractivity contribution in [3.05, 3.63) is 36.6 Å². The minimum absolute atomic E-state index is 0.962. The van der Waals surface area contributed by atoms with E-state index in [2.05, 4.69) is 18.5 Å². The van der Waals surface area contributed by atoms with Crippen molar-refractivity contribution in [3.63, 3.8) is 0 Å². The Morgan fingerprint density at radius 3 is 2.44 bits per heavy atom. The molecule has 0 aliphatic heterocycles. The van der Waals surface area contributed by atoms with Crippen molar-refractivity contribution >= 4 is 0 Å². The highest BCUT2D eigenvalue weighted by Crippen LogP contribution is 2.04. The minimum Gasteiger partial charge on any atom is -0.394 e. The Balaban J connectivity index is 4.01. The molecule has 0 atom stereocenters. The predicted octanol–water partition coefficient (Wildman–Crippen LogP) is 1.85. The fourth-order valence-electron chi connectivity index (χ4n) is 0.470. The maximum atomic E-state index is 3.77. The minimum atomic E-state index is 0.962. The highest BCUT2D eigenvalue weighted by atomic mass is 14.8. The van der Waals surface area contributed by atoms with Crippen molar-refractivity contribution in [3.8, 4) is 0 Å². The summed E-state index contributed by atoms with van der Waals surface area (Å²) >= 11 is 0. The van der Waals surface area contributed by atoms with Gasteiger partial charge in [0, 0.05) is 7.05 Å². The first-order chi connectivity index (χ1) is 4.22. The second kappa shape index (κ2) is 3.96. The van der Waals surface area contributed by atoms with Gasteiger partial charge in [-0.3, -0.25) is 0 Å². The molecule has 0 saturated carbocycles. The lowest BCUT2D eigenvalue weighted by Crippen LogP contribution is -1.94. The van der Waals surface area contributed by atoms with Crippen molar-refractivity contribution < 1.29 is 0 Å². The molecule has 0 spiro atoms. The maximum absolute atomic E-state index is 3.77. The van der Waals surface area contributed by atoms with E-state index < -0.39 is 0 Å². The van der Waals surface area contributed by atoms with Gasteiger partial charge in [0.05, 0.1) is 0 Å². The van der Waals surface area contributed by atoms with Crippen LogP contribution in [-0.4, -0.2) is 7.05 Å². The van der Waals surface area contributed by atoms with Crippen LogP contribution in [0, 0.1) is 0 Å². The predicted molar refractivity (Wildman–Crippen MR) is 42.2 cm³/mol. The molecule has 0 aromatic rings. The molecule has 1 nitrogen and oxygen atoms in total. The topological polar surface area (TPSA) is 12.0 Å². The van der Waals surface area contributed by atoms with Crippen LogP contribution in [0.4, 0.5) is 0 Å². The van der Waals surface area contributed by atoms with E-state index in [9.17, 15) is 0 Å². The van der Waals surface area contributed by atoms with Gasteiger partial charge in [-0.05, 0) is 24.3 Å². The number of allylic oxidation sites excluding steroid dienone is 3. The molecule has 1 N–H and O–H groups in total. The molecule has 0 aromatic carbocycles. The number of hydrogen-bond donors (Lipinski definition) is 1. The smallest absolute Gasteiger partial charge is 0.00278 e. The molecule has 9 heavy (non-hydrogen) atoms. The van der Waals surface area contributed by atoms with Gasteiger partial charge >= 0.3 is 0 Å². The van der Waals surface area contributed by atoms with Crippen LogP contribution in [0.25, 0.3) is 0 Å². The molecule has 0 aliphatic carbocycles. The van der Waals surface area contributed by atoms with Crippen molar-refractivity contribution in [2.75, 3.05) is 7.05 Å². The summed E-state index contributed by atoms with van der Waals surface area (Å²) < 4.78 is 0. The van der Waals surface area contributed by atoms with Crippen molar-refractivity contribution in [1.82, 2.24) is 5.32 Å². The third kappa shape index (κ3) is 2.75. The molecule has 0 radical (unpaired) electrons. The third-order valence-corrected chi connectivity index (χ3v) is 1.11. The van der Waals surface area contributed by atoms with Crippen LogP contribution < -0.4 is 5.32 Å². The van der Waals surface area contributed by atoms with Gasteiger partial charge in [0.15, 0.2) is 0 Å². The van der Waals surface area contributed by atoms with Crippen LogP contribution in [-0.2, 0) is 0 Å². The van der Waals surface area contributed by atoms with E-state index in [0.717, 1.165) is 11.1 Å². The first kappa shape index (κ1) is 8.02. The van der Waals surface area contributed by atoms with Crippen molar-refractivity contribution in [1.29, 1.82) is 0 Å². The Hall–Kier alpha value is -0.980. The van der Waals surface area contributed by atoms with Crippen LogP contribution in [0.3, 0.4) is 0 Å². The van der Waals surface area contributed by atoms with Crippen LogP contribution in [0.1, 0.15) is 6.92 Å². The third-order valence-electron chi connectivity index (χ3n) is 1.11. The molecule has 0 heterocycles. The fraction of sp³-hybridized carbons (Fsp3) is 0.250. The van der Waals surface area contributed by atoms with Gasteiger partial charge in [-0.1, -0.05) is 19.2 Å². The van der Waals surface area contributed by atoms with Crippen molar-refractivity contribution in [2.45, 2.75) is 6.92 Å². The SMILES string of the molecule is C=CC(=C)/C(C)=C\NC. The lowest BCUT2D eigenvalue weighted by atomic mass is 10.1. The largest absolute Gasteiger partial charge is 0.394 e. The highest BCUT2D eigenvalue weighted by Gasteiger charge is 1.86.